The summed E-state index contributed by atoms with van der Waals surface area (Å²) in [6, 6.07) is 12.1. The number of hydrogen-bond acceptors (Lipinski definition) is 14. The van der Waals surface area contributed by atoms with E-state index in [2.05, 4.69) is 13.8 Å². The number of carbonyl (C=O) groups is 4. The van der Waals surface area contributed by atoms with E-state index < -0.39 is 67.8 Å². The van der Waals surface area contributed by atoms with Gasteiger partial charge in [0.25, 0.3) is 0 Å². The molecule has 0 fully saturated rings. The summed E-state index contributed by atoms with van der Waals surface area (Å²) in [5, 5.41) is -2.64. The fraction of sp³-hybridized carbons (Fsp3) is 0.724. The molecule has 2 aromatic carbocycles. The van der Waals surface area contributed by atoms with Gasteiger partial charge in [0.1, 0.15) is 33.5 Å². The molecule has 2 unspecified atom stereocenters. The Bertz CT molecular complexity index is 1880. The quantitative estimate of drug-likeness (QED) is 0.0198. The first kappa shape index (κ1) is 72.4. The van der Waals surface area contributed by atoms with E-state index in [1.165, 1.54) is 192 Å². The number of hydrogen-bond donors (Lipinski definition) is 0. The Hall–Kier alpha value is -2.60. The van der Waals surface area contributed by atoms with Crippen molar-refractivity contribution < 1.29 is 64.1 Å². The van der Waals surface area contributed by atoms with Crippen LogP contribution in [0.25, 0.3) is 0 Å². The normalized spacial score (nSPS) is 12.1. The van der Waals surface area contributed by atoms with E-state index in [0.717, 1.165) is 38.5 Å². The molecule has 0 spiro atoms. The van der Waals surface area contributed by atoms with Crippen molar-refractivity contribution in [1.82, 2.24) is 0 Å². The number of unbranched alkanes of at least 4 members (excludes halogenated alkanes) is 28. The molecule has 0 saturated carbocycles. The topological polar surface area (TPSA) is 220 Å². The first-order chi connectivity index (χ1) is 35.6. The van der Waals surface area contributed by atoms with Crippen molar-refractivity contribution in [1.29, 1.82) is 0 Å². The second-order valence-corrected chi connectivity index (χ2v) is 22.8. The van der Waals surface area contributed by atoms with Crippen molar-refractivity contribution in [3.8, 4) is 0 Å². The van der Waals surface area contributed by atoms with Gasteiger partial charge in [-0.25, -0.2) is 36.0 Å². The molecule has 14 nitrogen and oxygen atoms in total. The molecule has 2 rings (SSSR count). The molecule has 2 atom stereocenters. The molecule has 0 amide bonds. The Morgan fingerprint density at radius 3 is 0.760 bits per heavy atom. The Labute approximate surface area is 483 Å². The molecule has 0 saturated heterocycles. The van der Waals surface area contributed by atoms with Crippen LogP contribution in [0.5, 0.6) is 0 Å². The van der Waals surface area contributed by atoms with E-state index in [9.17, 15) is 45.1 Å². The van der Waals surface area contributed by atoms with Crippen LogP contribution in [0.15, 0.2) is 48.5 Å². The van der Waals surface area contributed by atoms with E-state index in [1.54, 1.807) is 24.3 Å². The summed E-state index contributed by atoms with van der Waals surface area (Å²) >= 11 is 0. The number of ether oxygens (including phenoxy) is 4. The van der Waals surface area contributed by atoms with Gasteiger partial charge in [0.2, 0.25) is 0 Å². The van der Waals surface area contributed by atoms with Crippen LogP contribution in [0.4, 0.5) is 0 Å². The summed E-state index contributed by atoms with van der Waals surface area (Å²) in [6.07, 6.45) is 37.7. The van der Waals surface area contributed by atoms with Gasteiger partial charge in [-0.1, -0.05) is 232 Å². The fourth-order valence-corrected chi connectivity index (χ4v) is 9.70. The largest absolute Gasteiger partial charge is 2.00 e. The van der Waals surface area contributed by atoms with Gasteiger partial charge in [0, 0.05) is 0 Å². The molecule has 0 aliphatic carbocycles. The van der Waals surface area contributed by atoms with Gasteiger partial charge in [-0.3, -0.25) is 0 Å². The van der Waals surface area contributed by atoms with E-state index >= 15 is 0 Å². The monoisotopic (exact) mass is 1120 g/mol. The predicted molar refractivity (Wildman–Crippen MR) is 297 cm³/mol. The second kappa shape index (κ2) is 46.3. The van der Waals surface area contributed by atoms with Crippen LogP contribution < -0.4 is 0 Å². The molecule has 17 heteroatoms. The Balaban J connectivity index is 0.00000144. The smallest absolute Gasteiger partial charge is 0.748 e. The number of carbonyl (C=O) groups excluding carboxylic acids is 4. The Kier molecular flexibility index (Phi) is 44.7. The number of rotatable bonds is 44. The summed E-state index contributed by atoms with van der Waals surface area (Å²) in [6.45, 7) is 6.99. The van der Waals surface area contributed by atoms with Gasteiger partial charge in [0.05, 0.1) is 46.0 Å². The summed E-state index contributed by atoms with van der Waals surface area (Å²) < 4.78 is 87.9. The van der Waals surface area contributed by atoms with Crippen LogP contribution in [-0.2, 0) is 39.2 Å². The molecule has 0 N–H and O–H groups in total. The standard InChI is InChI=1S/2C29H48O7S.Ca/c2*1-3-5-6-7-8-9-10-11-12-13-14-15-16-17-20-23-35-28(30)26-21-18-19-22-27(26)29(31)36-24-25(4-2)37(32,33)34;/h2*18-19,21-22,25H,3-17,20,23-24H2,1-2H3,(H,32,33,34);/q;;+2/p-2. The van der Waals surface area contributed by atoms with E-state index in [4.69, 9.17) is 18.9 Å². The number of benzene rings is 2. The summed E-state index contributed by atoms with van der Waals surface area (Å²) in [4.78, 5) is 49.8. The third-order valence-corrected chi connectivity index (χ3v) is 15.8. The van der Waals surface area contributed by atoms with Crippen molar-refractivity contribution in [2.45, 2.75) is 244 Å². The van der Waals surface area contributed by atoms with Crippen LogP contribution in [-0.4, -0.2) is 124 Å². The van der Waals surface area contributed by atoms with E-state index in [0.29, 0.717) is 0 Å². The first-order valence-electron chi connectivity index (χ1n) is 28.4. The molecular weight excluding hydrogens is 1020 g/mol. The number of esters is 4. The van der Waals surface area contributed by atoms with Crippen molar-refractivity contribution in [2.75, 3.05) is 26.4 Å². The van der Waals surface area contributed by atoms with Crippen LogP contribution in [0.2, 0.25) is 0 Å². The maximum absolute atomic E-state index is 12.5. The molecule has 0 bridgehead atoms. The van der Waals surface area contributed by atoms with E-state index in [-0.39, 0.29) is 86.0 Å². The van der Waals surface area contributed by atoms with Crippen molar-refractivity contribution in [3.05, 3.63) is 70.8 Å². The minimum absolute atomic E-state index is 0. The Morgan fingerprint density at radius 2 is 0.560 bits per heavy atom. The van der Waals surface area contributed by atoms with Crippen LogP contribution in [0.1, 0.15) is 275 Å². The third kappa shape index (κ3) is 36.2. The minimum Gasteiger partial charge on any atom is -0.748 e. The molecule has 0 aromatic heterocycles. The summed E-state index contributed by atoms with van der Waals surface area (Å²) in [5.41, 5.74) is 0.0993. The first-order valence-corrected chi connectivity index (χ1v) is 31.3. The van der Waals surface area contributed by atoms with Gasteiger partial charge in [0.15, 0.2) is 0 Å². The van der Waals surface area contributed by atoms with Gasteiger partial charge < -0.3 is 28.1 Å². The fourth-order valence-electron chi connectivity index (χ4n) is 8.41. The van der Waals surface area contributed by atoms with Crippen molar-refractivity contribution in [2.24, 2.45) is 0 Å². The molecule has 2 aromatic rings. The van der Waals surface area contributed by atoms with Crippen molar-refractivity contribution in [3.63, 3.8) is 0 Å². The van der Waals surface area contributed by atoms with Gasteiger partial charge in [-0.2, -0.15) is 0 Å². The molecule has 0 heterocycles. The van der Waals surface area contributed by atoms with Crippen LogP contribution in [0, 0.1) is 0 Å². The maximum Gasteiger partial charge on any atom is 2.00 e. The molecule has 0 aliphatic rings. The summed E-state index contributed by atoms with van der Waals surface area (Å²) in [5.74, 6) is -2.97. The summed E-state index contributed by atoms with van der Waals surface area (Å²) in [7, 11) is -9.14. The second-order valence-electron chi connectivity index (χ2n) is 19.5. The van der Waals surface area contributed by atoms with Gasteiger partial charge >= 0.3 is 61.6 Å². The average molecular weight is 1120 g/mol. The van der Waals surface area contributed by atoms with Crippen molar-refractivity contribution >= 4 is 81.9 Å². The van der Waals surface area contributed by atoms with Crippen LogP contribution >= 0.6 is 0 Å². The average Bonchev–Trinajstić information content (AvgIpc) is 3.37. The zero-order chi connectivity index (χ0) is 54.7. The zero-order valence-electron chi connectivity index (χ0n) is 46.5. The van der Waals surface area contributed by atoms with Crippen LogP contribution in [0.3, 0.4) is 0 Å². The Morgan fingerprint density at radius 1 is 0.360 bits per heavy atom. The third-order valence-electron chi connectivity index (χ3n) is 13.2. The minimum atomic E-state index is -4.57. The van der Waals surface area contributed by atoms with E-state index in [1.807, 2.05) is 0 Å². The molecule has 75 heavy (non-hydrogen) atoms. The molecule has 0 radical (unpaired) electrons. The molecule has 424 valence electrons. The SMILES string of the molecule is CCCCCCCCCCCCCCCCCOC(=O)c1ccccc1C(=O)OCC(CC)S(=O)(=O)[O-].CCCCCCCCCCCCCCCCCOC(=O)c1ccccc1C(=O)OCC(CC)S(=O)(=O)[O-].[Ca+2]. The zero-order valence-corrected chi connectivity index (χ0v) is 50.3. The predicted octanol–water partition coefficient (Wildman–Crippen LogP) is 14.0. The van der Waals surface area contributed by atoms with Gasteiger partial charge in [-0.05, 0) is 49.9 Å². The van der Waals surface area contributed by atoms with Gasteiger partial charge in [-0.15, -0.1) is 0 Å². The molecular formula is C58H94CaO14S2. The molecule has 0 aliphatic heterocycles. The maximum atomic E-state index is 12.5.